The molecule has 20 heavy (non-hydrogen) atoms. The monoisotopic (exact) mass is 291 g/mol. The molecule has 0 heterocycles. The van der Waals surface area contributed by atoms with Crippen molar-refractivity contribution in [2.24, 2.45) is 0 Å². The topological polar surface area (TPSA) is 21.3 Å². The minimum atomic E-state index is 0. The average Bonchev–Trinajstić information content (AvgIpc) is 2.48. The molecule has 1 atom stereocenters. The average molecular weight is 292 g/mol. The lowest BCUT2D eigenvalue weighted by atomic mass is 10.0. The van der Waals surface area contributed by atoms with E-state index in [1.54, 1.807) is 7.11 Å². The molecule has 3 heteroatoms. The first-order valence-corrected chi connectivity index (χ1v) is 6.68. The van der Waals surface area contributed by atoms with Gasteiger partial charge >= 0.3 is 0 Å². The minimum Gasteiger partial charge on any atom is -0.497 e. The lowest BCUT2D eigenvalue weighted by molar-refractivity contribution is 0.413. The largest absolute Gasteiger partial charge is 0.497 e. The fourth-order valence-corrected chi connectivity index (χ4v) is 2.09. The summed E-state index contributed by atoms with van der Waals surface area (Å²) >= 11 is 0. The van der Waals surface area contributed by atoms with Crippen LogP contribution in [-0.4, -0.2) is 13.7 Å². The molecule has 0 bridgehead atoms. The van der Waals surface area contributed by atoms with Crippen molar-refractivity contribution >= 4 is 12.4 Å². The number of rotatable bonds is 6. The van der Waals surface area contributed by atoms with Crippen molar-refractivity contribution in [3.63, 3.8) is 0 Å². The van der Waals surface area contributed by atoms with E-state index in [-0.39, 0.29) is 12.4 Å². The van der Waals surface area contributed by atoms with Crippen molar-refractivity contribution in [3.05, 3.63) is 65.7 Å². The van der Waals surface area contributed by atoms with Gasteiger partial charge in [-0.25, -0.2) is 0 Å². The zero-order valence-corrected chi connectivity index (χ0v) is 12.8. The van der Waals surface area contributed by atoms with E-state index in [9.17, 15) is 0 Å². The first-order chi connectivity index (χ1) is 9.29. The molecule has 0 aliphatic carbocycles. The highest BCUT2D eigenvalue weighted by Gasteiger charge is 2.06. The summed E-state index contributed by atoms with van der Waals surface area (Å²) in [7, 11) is 1.71. The Balaban J connectivity index is 0.00000200. The molecule has 108 valence electrons. The molecule has 0 fully saturated rings. The van der Waals surface area contributed by atoms with E-state index in [0.29, 0.717) is 5.92 Å². The Kier molecular flexibility index (Phi) is 7.13. The molecule has 2 nitrogen and oxygen atoms in total. The molecule has 1 N–H and O–H groups in total. The van der Waals surface area contributed by atoms with Gasteiger partial charge in [0, 0.05) is 13.1 Å². The molecule has 2 rings (SSSR count). The molecule has 2 aromatic rings. The van der Waals surface area contributed by atoms with Gasteiger partial charge in [0.2, 0.25) is 0 Å². The normalized spacial score (nSPS) is 11.5. The summed E-state index contributed by atoms with van der Waals surface area (Å²) in [6, 6.07) is 18.8. The highest BCUT2D eigenvalue weighted by molar-refractivity contribution is 5.85. The summed E-state index contributed by atoms with van der Waals surface area (Å²) in [6.45, 7) is 4.10. The molecule has 0 aliphatic rings. The molecule has 0 saturated heterocycles. The van der Waals surface area contributed by atoms with Crippen molar-refractivity contribution in [2.75, 3.05) is 13.7 Å². The zero-order chi connectivity index (χ0) is 13.5. The molecular weight excluding hydrogens is 270 g/mol. The Hall–Kier alpha value is -1.51. The molecule has 0 amide bonds. The number of nitrogens with one attached hydrogen (secondary N) is 1. The van der Waals surface area contributed by atoms with E-state index in [2.05, 4.69) is 48.6 Å². The Morgan fingerprint density at radius 2 is 1.80 bits per heavy atom. The Labute approximate surface area is 127 Å². The predicted molar refractivity (Wildman–Crippen MR) is 86.8 cm³/mol. The highest BCUT2D eigenvalue weighted by Crippen LogP contribution is 2.19. The standard InChI is InChI=1S/C17H21NO.ClH/c1-14(16-9-6-10-17(11-16)19-2)12-18-13-15-7-4-3-5-8-15;/h3-11,14,18H,12-13H2,1-2H3;1H. The van der Waals surface area contributed by atoms with Gasteiger partial charge in [0.25, 0.3) is 0 Å². The lowest BCUT2D eigenvalue weighted by Crippen LogP contribution is -2.19. The third-order valence-electron chi connectivity index (χ3n) is 3.29. The molecule has 0 radical (unpaired) electrons. The van der Waals surface area contributed by atoms with Crippen LogP contribution in [-0.2, 0) is 6.54 Å². The van der Waals surface area contributed by atoms with Crippen molar-refractivity contribution in [1.82, 2.24) is 5.32 Å². The van der Waals surface area contributed by atoms with Gasteiger partial charge in [-0.05, 0) is 29.2 Å². The van der Waals surface area contributed by atoms with E-state index in [0.717, 1.165) is 18.8 Å². The SMILES string of the molecule is COc1cccc(C(C)CNCc2ccccc2)c1.Cl. The van der Waals surface area contributed by atoms with E-state index in [4.69, 9.17) is 4.74 Å². The third-order valence-corrected chi connectivity index (χ3v) is 3.29. The number of benzene rings is 2. The second-order valence-electron chi connectivity index (χ2n) is 4.79. The van der Waals surface area contributed by atoms with Gasteiger partial charge in [-0.3, -0.25) is 0 Å². The van der Waals surface area contributed by atoms with Crippen molar-refractivity contribution < 1.29 is 4.74 Å². The van der Waals surface area contributed by atoms with Crippen molar-refractivity contribution in [2.45, 2.75) is 19.4 Å². The van der Waals surface area contributed by atoms with E-state index >= 15 is 0 Å². The number of hydrogen-bond donors (Lipinski definition) is 1. The van der Waals surface area contributed by atoms with Crippen LogP contribution in [0.4, 0.5) is 0 Å². The van der Waals surface area contributed by atoms with Crippen LogP contribution >= 0.6 is 12.4 Å². The summed E-state index contributed by atoms with van der Waals surface area (Å²) in [5.41, 5.74) is 2.63. The molecule has 0 aliphatic heterocycles. The predicted octanol–water partition coefficient (Wildman–Crippen LogP) is 4.01. The summed E-state index contributed by atoms with van der Waals surface area (Å²) < 4.78 is 5.26. The Morgan fingerprint density at radius 1 is 1.05 bits per heavy atom. The van der Waals surface area contributed by atoms with Gasteiger partial charge in [-0.15, -0.1) is 12.4 Å². The van der Waals surface area contributed by atoms with Crippen LogP contribution < -0.4 is 10.1 Å². The van der Waals surface area contributed by atoms with Crippen LogP contribution in [0.15, 0.2) is 54.6 Å². The van der Waals surface area contributed by atoms with E-state index in [1.807, 2.05) is 18.2 Å². The van der Waals surface area contributed by atoms with Gasteiger partial charge in [0.15, 0.2) is 0 Å². The molecule has 2 aromatic carbocycles. The fourth-order valence-electron chi connectivity index (χ4n) is 2.09. The minimum absolute atomic E-state index is 0. The number of halogens is 1. The molecule has 0 spiro atoms. The highest BCUT2D eigenvalue weighted by atomic mass is 35.5. The second-order valence-corrected chi connectivity index (χ2v) is 4.79. The Morgan fingerprint density at radius 3 is 2.50 bits per heavy atom. The molecule has 0 aromatic heterocycles. The van der Waals surface area contributed by atoms with Crippen molar-refractivity contribution in [3.8, 4) is 5.75 Å². The summed E-state index contributed by atoms with van der Waals surface area (Å²) in [4.78, 5) is 0. The van der Waals surface area contributed by atoms with Gasteiger partial charge < -0.3 is 10.1 Å². The van der Waals surface area contributed by atoms with Gasteiger partial charge in [-0.2, -0.15) is 0 Å². The number of methoxy groups -OCH3 is 1. The summed E-state index contributed by atoms with van der Waals surface area (Å²) in [6.07, 6.45) is 0. The van der Waals surface area contributed by atoms with Gasteiger partial charge in [0.05, 0.1) is 7.11 Å². The third kappa shape index (κ3) is 4.87. The maximum Gasteiger partial charge on any atom is 0.119 e. The van der Waals surface area contributed by atoms with Crippen LogP contribution in [0.2, 0.25) is 0 Å². The van der Waals surface area contributed by atoms with E-state index < -0.39 is 0 Å². The lowest BCUT2D eigenvalue weighted by Gasteiger charge is -2.14. The van der Waals surface area contributed by atoms with Gasteiger partial charge in [-0.1, -0.05) is 49.4 Å². The fraction of sp³-hybridized carbons (Fsp3) is 0.294. The molecule has 1 unspecified atom stereocenters. The smallest absolute Gasteiger partial charge is 0.119 e. The summed E-state index contributed by atoms with van der Waals surface area (Å²) in [5.74, 6) is 1.39. The van der Waals surface area contributed by atoms with E-state index in [1.165, 1.54) is 11.1 Å². The molecule has 0 saturated carbocycles. The number of ether oxygens (including phenoxy) is 1. The summed E-state index contributed by atoms with van der Waals surface area (Å²) in [5, 5.41) is 3.50. The quantitative estimate of drug-likeness (QED) is 0.868. The zero-order valence-electron chi connectivity index (χ0n) is 12.0. The van der Waals surface area contributed by atoms with Crippen LogP contribution in [0.25, 0.3) is 0 Å². The number of hydrogen-bond acceptors (Lipinski definition) is 2. The van der Waals surface area contributed by atoms with Gasteiger partial charge in [0.1, 0.15) is 5.75 Å². The second kappa shape index (κ2) is 8.62. The first-order valence-electron chi connectivity index (χ1n) is 6.68. The first kappa shape index (κ1) is 16.5. The van der Waals surface area contributed by atoms with Crippen LogP contribution in [0.3, 0.4) is 0 Å². The van der Waals surface area contributed by atoms with Crippen LogP contribution in [0, 0.1) is 0 Å². The van der Waals surface area contributed by atoms with Crippen LogP contribution in [0.1, 0.15) is 24.0 Å². The van der Waals surface area contributed by atoms with Crippen LogP contribution in [0.5, 0.6) is 5.75 Å². The maximum absolute atomic E-state index is 5.26. The molecular formula is C17H22ClNO. The maximum atomic E-state index is 5.26. The van der Waals surface area contributed by atoms with Crippen molar-refractivity contribution in [1.29, 1.82) is 0 Å². The Bertz CT molecular complexity index is 501.